The molecule has 0 bridgehead atoms. The molecule has 0 aromatic carbocycles. The zero-order valence-corrected chi connectivity index (χ0v) is 13.5. The van der Waals surface area contributed by atoms with Crippen LogP contribution in [0.15, 0.2) is 0 Å². The van der Waals surface area contributed by atoms with Crippen LogP contribution in [0.1, 0.15) is 32.1 Å². The van der Waals surface area contributed by atoms with Crippen molar-refractivity contribution in [2.45, 2.75) is 51.7 Å². The molecule has 0 N–H and O–H groups in total. The fourth-order valence-electron chi connectivity index (χ4n) is 1.88. The molecule has 4 heteroatoms. The Morgan fingerprint density at radius 1 is 1.42 bits per heavy atom. The second-order valence-electron chi connectivity index (χ2n) is 6.14. The number of carbonyl (C=O) groups is 1. The molecule has 108 valence electrons. The summed E-state index contributed by atoms with van der Waals surface area (Å²) in [5, 5.41) is 0. The van der Waals surface area contributed by atoms with Gasteiger partial charge in [0.2, 0.25) is 0 Å². The Balaban J connectivity index is 1.99. The maximum Gasteiger partial charge on any atom is 0.305 e. The van der Waals surface area contributed by atoms with E-state index in [0.717, 1.165) is 38.9 Å². The Bertz CT molecular complexity index is 330. The lowest BCUT2D eigenvalue weighted by Gasteiger charge is -2.07. The van der Waals surface area contributed by atoms with Gasteiger partial charge < -0.3 is 9.47 Å². The summed E-state index contributed by atoms with van der Waals surface area (Å²) in [6.07, 6.45) is 4.17. The molecule has 0 aliphatic carbocycles. The molecule has 0 aromatic heterocycles. The predicted octanol–water partition coefficient (Wildman–Crippen LogP) is 3.01. The lowest BCUT2D eigenvalue weighted by molar-refractivity contribution is -0.144. The number of hydrogen-bond donors (Lipinski definition) is 0. The zero-order chi connectivity index (χ0) is 14.1. The van der Waals surface area contributed by atoms with E-state index in [4.69, 9.17) is 9.47 Å². The van der Waals surface area contributed by atoms with E-state index in [1.54, 1.807) is 0 Å². The number of unbranched alkanes of at least 4 members (excludes halogenated alkanes) is 1. The molecule has 0 spiro atoms. The summed E-state index contributed by atoms with van der Waals surface area (Å²) in [5.74, 6) is 3.65. The van der Waals surface area contributed by atoms with Gasteiger partial charge in [-0.2, -0.15) is 0 Å². The molecule has 0 aromatic rings. The SMILES string of the molecule is C[Si](C)(C)C#CCCCOC(=O)CCC1CCOC1. The Morgan fingerprint density at radius 3 is 2.84 bits per heavy atom. The van der Waals surface area contributed by atoms with Crippen LogP contribution >= 0.6 is 0 Å². The normalized spacial score (nSPS) is 18.8. The number of esters is 1. The maximum atomic E-state index is 11.5. The van der Waals surface area contributed by atoms with Crippen LogP contribution in [0, 0.1) is 17.4 Å². The number of ether oxygens (including phenoxy) is 2. The van der Waals surface area contributed by atoms with Crippen LogP contribution in [0.4, 0.5) is 0 Å². The summed E-state index contributed by atoms with van der Waals surface area (Å²) >= 11 is 0. The van der Waals surface area contributed by atoms with Gasteiger partial charge >= 0.3 is 5.97 Å². The fraction of sp³-hybridized carbons (Fsp3) is 0.800. The second kappa shape index (κ2) is 8.39. The molecule has 1 atom stereocenters. The highest BCUT2D eigenvalue weighted by Gasteiger charge is 2.17. The largest absolute Gasteiger partial charge is 0.466 e. The standard InChI is InChI=1S/C15H26O3Si/c1-19(2,3)12-6-4-5-10-18-15(16)8-7-14-9-11-17-13-14/h14H,4-5,7-11,13H2,1-3H3. The van der Waals surface area contributed by atoms with Gasteiger partial charge in [0.1, 0.15) is 8.07 Å². The number of hydrogen-bond acceptors (Lipinski definition) is 3. The minimum absolute atomic E-state index is 0.0787. The van der Waals surface area contributed by atoms with Crippen molar-refractivity contribution in [2.24, 2.45) is 5.92 Å². The molecule has 3 nitrogen and oxygen atoms in total. The summed E-state index contributed by atoms with van der Waals surface area (Å²) in [7, 11) is -1.25. The Hall–Kier alpha value is -0.793. The van der Waals surface area contributed by atoms with E-state index in [-0.39, 0.29) is 5.97 Å². The van der Waals surface area contributed by atoms with Crippen LogP contribution < -0.4 is 0 Å². The van der Waals surface area contributed by atoms with E-state index in [1.807, 2.05) is 0 Å². The van der Waals surface area contributed by atoms with Gasteiger partial charge in [0.25, 0.3) is 0 Å². The van der Waals surface area contributed by atoms with Crippen LogP contribution in [-0.2, 0) is 14.3 Å². The lowest BCUT2D eigenvalue weighted by Crippen LogP contribution is -2.16. The molecular formula is C15H26O3Si. The van der Waals surface area contributed by atoms with E-state index in [0.29, 0.717) is 18.9 Å². The molecule has 1 saturated heterocycles. The molecule has 1 aliphatic rings. The molecule has 19 heavy (non-hydrogen) atoms. The van der Waals surface area contributed by atoms with Gasteiger partial charge in [0.15, 0.2) is 0 Å². The first-order chi connectivity index (χ1) is 8.97. The van der Waals surface area contributed by atoms with Crippen molar-refractivity contribution in [3.63, 3.8) is 0 Å². The van der Waals surface area contributed by atoms with E-state index in [1.165, 1.54) is 0 Å². The monoisotopic (exact) mass is 282 g/mol. The molecule has 1 unspecified atom stereocenters. The fourth-order valence-corrected chi connectivity index (χ4v) is 2.53. The number of rotatable bonds is 6. The summed E-state index contributed by atoms with van der Waals surface area (Å²) in [6.45, 7) is 8.84. The predicted molar refractivity (Wildman–Crippen MR) is 79.5 cm³/mol. The molecule has 0 saturated carbocycles. The summed E-state index contributed by atoms with van der Waals surface area (Å²) in [6, 6.07) is 0. The highest BCUT2D eigenvalue weighted by Crippen LogP contribution is 2.18. The van der Waals surface area contributed by atoms with Crippen LogP contribution in [0.2, 0.25) is 19.6 Å². The number of carbonyl (C=O) groups excluding carboxylic acids is 1. The lowest BCUT2D eigenvalue weighted by atomic mass is 10.0. The van der Waals surface area contributed by atoms with Crippen molar-refractivity contribution < 1.29 is 14.3 Å². The maximum absolute atomic E-state index is 11.5. The van der Waals surface area contributed by atoms with Crippen molar-refractivity contribution in [2.75, 3.05) is 19.8 Å². The van der Waals surface area contributed by atoms with Crippen molar-refractivity contribution >= 4 is 14.0 Å². The third-order valence-electron chi connectivity index (χ3n) is 2.95. The average Bonchev–Trinajstić information content (AvgIpc) is 2.82. The zero-order valence-electron chi connectivity index (χ0n) is 12.5. The average molecular weight is 282 g/mol. The smallest absolute Gasteiger partial charge is 0.305 e. The van der Waals surface area contributed by atoms with Crippen molar-refractivity contribution in [3.05, 3.63) is 0 Å². The second-order valence-corrected chi connectivity index (χ2v) is 10.9. The van der Waals surface area contributed by atoms with Crippen LogP contribution in [-0.4, -0.2) is 33.9 Å². The molecule has 1 heterocycles. The van der Waals surface area contributed by atoms with Gasteiger partial charge in [0.05, 0.1) is 6.61 Å². The van der Waals surface area contributed by atoms with Gasteiger partial charge in [-0.1, -0.05) is 19.6 Å². The molecule has 1 rings (SSSR count). The minimum atomic E-state index is -1.25. The van der Waals surface area contributed by atoms with Crippen molar-refractivity contribution in [1.82, 2.24) is 0 Å². The first-order valence-electron chi connectivity index (χ1n) is 7.21. The van der Waals surface area contributed by atoms with E-state index >= 15 is 0 Å². The highest BCUT2D eigenvalue weighted by atomic mass is 28.3. The van der Waals surface area contributed by atoms with Crippen molar-refractivity contribution in [3.8, 4) is 11.5 Å². The third kappa shape index (κ3) is 8.85. The molecule has 0 amide bonds. The summed E-state index contributed by atoms with van der Waals surface area (Å²) in [5.41, 5.74) is 3.31. The Labute approximate surface area is 118 Å². The van der Waals surface area contributed by atoms with E-state index in [9.17, 15) is 4.79 Å². The quantitative estimate of drug-likeness (QED) is 0.325. The first-order valence-corrected chi connectivity index (χ1v) is 10.7. The summed E-state index contributed by atoms with van der Waals surface area (Å²) < 4.78 is 10.5. The van der Waals surface area contributed by atoms with E-state index in [2.05, 4.69) is 31.1 Å². The minimum Gasteiger partial charge on any atom is -0.466 e. The van der Waals surface area contributed by atoms with Gasteiger partial charge in [-0.15, -0.1) is 11.5 Å². The highest BCUT2D eigenvalue weighted by molar-refractivity contribution is 6.83. The summed E-state index contributed by atoms with van der Waals surface area (Å²) in [4.78, 5) is 11.5. The van der Waals surface area contributed by atoms with Crippen molar-refractivity contribution in [1.29, 1.82) is 0 Å². The van der Waals surface area contributed by atoms with Gasteiger partial charge in [-0.3, -0.25) is 4.79 Å². The molecular weight excluding hydrogens is 256 g/mol. The topological polar surface area (TPSA) is 35.5 Å². The Kier molecular flexibility index (Phi) is 7.18. The van der Waals surface area contributed by atoms with Gasteiger partial charge in [-0.05, 0) is 25.2 Å². The van der Waals surface area contributed by atoms with Crippen LogP contribution in [0.3, 0.4) is 0 Å². The van der Waals surface area contributed by atoms with Gasteiger partial charge in [-0.25, -0.2) is 0 Å². The molecule has 1 fully saturated rings. The first kappa shape index (κ1) is 16.3. The Morgan fingerprint density at radius 2 is 2.21 bits per heavy atom. The molecule has 1 aliphatic heterocycles. The third-order valence-corrected chi connectivity index (χ3v) is 3.88. The molecule has 0 radical (unpaired) electrons. The van der Waals surface area contributed by atoms with Gasteiger partial charge in [0, 0.05) is 26.1 Å². The van der Waals surface area contributed by atoms with Crippen LogP contribution in [0.25, 0.3) is 0 Å². The van der Waals surface area contributed by atoms with E-state index < -0.39 is 8.07 Å². The van der Waals surface area contributed by atoms with Crippen LogP contribution in [0.5, 0.6) is 0 Å².